The summed E-state index contributed by atoms with van der Waals surface area (Å²) < 4.78 is 10.3. The summed E-state index contributed by atoms with van der Waals surface area (Å²) in [6.07, 6.45) is 0. The van der Waals surface area contributed by atoms with Gasteiger partial charge in [0, 0.05) is 7.11 Å². The smallest absolute Gasteiger partial charge is 0.138 e. The van der Waals surface area contributed by atoms with Crippen molar-refractivity contribution in [3.63, 3.8) is 0 Å². The lowest BCUT2D eigenvalue weighted by Crippen LogP contribution is -2.17. The molecule has 0 bridgehead atoms. The number of ether oxygens (including phenoxy) is 2. The molecule has 4 heteroatoms. The second-order valence-electron chi connectivity index (χ2n) is 2.84. The van der Waals surface area contributed by atoms with E-state index in [1.54, 1.807) is 7.11 Å². The molecule has 1 rings (SSSR count). The van der Waals surface area contributed by atoms with Crippen LogP contribution in [0.4, 0.5) is 0 Å². The fraction of sp³-hybridized carbons (Fsp3) is 0.300. The standard InChI is InChI=1S/C10H13NO2S/c1-12-6-8-3-2-4-9(5-8)13-7-10(11)14/h2-5H,6-7H2,1H3,(H2,11,14). The van der Waals surface area contributed by atoms with Crippen molar-refractivity contribution in [2.75, 3.05) is 13.7 Å². The topological polar surface area (TPSA) is 44.5 Å². The van der Waals surface area contributed by atoms with Crippen molar-refractivity contribution in [3.05, 3.63) is 29.8 Å². The minimum absolute atomic E-state index is 0.270. The first-order valence-electron chi connectivity index (χ1n) is 4.21. The second-order valence-corrected chi connectivity index (χ2v) is 3.36. The molecule has 0 unspecified atom stereocenters. The summed E-state index contributed by atoms with van der Waals surface area (Å²) in [7, 11) is 1.66. The molecule has 2 N–H and O–H groups in total. The van der Waals surface area contributed by atoms with E-state index in [0.717, 1.165) is 11.3 Å². The van der Waals surface area contributed by atoms with Crippen molar-refractivity contribution >= 4 is 17.2 Å². The van der Waals surface area contributed by atoms with Crippen molar-refractivity contribution in [2.24, 2.45) is 5.73 Å². The molecule has 0 aliphatic rings. The Bertz CT molecular complexity index is 315. The summed E-state index contributed by atoms with van der Waals surface area (Å²) in [5, 5.41) is 0. The number of nitrogens with two attached hydrogens (primary N) is 1. The van der Waals surface area contributed by atoms with Gasteiger partial charge in [-0.05, 0) is 17.7 Å². The van der Waals surface area contributed by atoms with Gasteiger partial charge in [0.1, 0.15) is 17.3 Å². The predicted molar refractivity (Wildman–Crippen MR) is 59.4 cm³/mol. The molecule has 0 saturated heterocycles. The van der Waals surface area contributed by atoms with E-state index in [0.29, 0.717) is 11.6 Å². The number of methoxy groups -OCH3 is 1. The molecule has 0 atom stereocenters. The Hall–Kier alpha value is -1.13. The number of benzene rings is 1. The fourth-order valence-electron chi connectivity index (χ4n) is 1.05. The lowest BCUT2D eigenvalue weighted by Gasteiger charge is -2.06. The number of hydrogen-bond donors (Lipinski definition) is 1. The molecule has 0 saturated carbocycles. The first-order chi connectivity index (χ1) is 6.72. The molecule has 0 aliphatic heterocycles. The minimum atomic E-state index is 0.270. The third-order valence-electron chi connectivity index (χ3n) is 1.59. The van der Waals surface area contributed by atoms with E-state index >= 15 is 0 Å². The third kappa shape index (κ3) is 3.72. The molecule has 0 heterocycles. The summed E-state index contributed by atoms with van der Waals surface area (Å²) in [5.74, 6) is 0.757. The van der Waals surface area contributed by atoms with Gasteiger partial charge >= 0.3 is 0 Å². The zero-order chi connectivity index (χ0) is 10.4. The molecular formula is C10H13NO2S. The highest BCUT2D eigenvalue weighted by atomic mass is 32.1. The maximum absolute atomic E-state index is 5.33. The second kappa shape index (κ2) is 5.57. The van der Waals surface area contributed by atoms with Crippen LogP contribution in [-0.4, -0.2) is 18.7 Å². The predicted octanol–water partition coefficient (Wildman–Crippen LogP) is 1.50. The van der Waals surface area contributed by atoms with Gasteiger partial charge in [0.2, 0.25) is 0 Å². The van der Waals surface area contributed by atoms with Crippen LogP contribution in [0.3, 0.4) is 0 Å². The maximum atomic E-state index is 5.33. The molecule has 0 aliphatic carbocycles. The van der Waals surface area contributed by atoms with Crippen molar-refractivity contribution in [3.8, 4) is 5.75 Å². The highest BCUT2D eigenvalue weighted by Crippen LogP contribution is 2.13. The minimum Gasteiger partial charge on any atom is -0.486 e. The molecular weight excluding hydrogens is 198 g/mol. The average molecular weight is 211 g/mol. The van der Waals surface area contributed by atoms with E-state index in [4.69, 9.17) is 27.4 Å². The van der Waals surface area contributed by atoms with Crippen molar-refractivity contribution < 1.29 is 9.47 Å². The molecule has 0 amide bonds. The number of hydrogen-bond acceptors (Lipinski definition) is 3. The summed E-state index contributed by atoms with van der Waals surface area (Å²) in [4.78, 5) is 0.349. The fourth-order valence-corrected chi connectivity index (χ4v) is 1.11. The Morgan fingerprint density at radius 3 is 2.93 bits per heavy atom. The van der Waals surface area contributed by atoms with E-state index in [1.807, 2.05) is 24.3 Å². The third-order valence-corrected chi connectivity index (χ3v) is 1.71. The quantitative estimate of drug-likeness (QED) is 0.750. The maximum Gasteiger partial charge on any atom is 0.138 e. The van der Waals surface area contributed by atoms with Gasteiger partial charge in [-0.25, -0.2) is 0 Å². The number of thiocarbonyl (C=S) groups is 1. The van der Waals surface area contributed by atoms with E-state index < -0.39 is 0 Å². The first kappa shape index (κ1) is 10.9. The largest absolute Gasteiger partial charge is 0.486 e. The highest BCUT2D eigenvalue weighted by molar-refractivity contribution is 7.80. The van der Waals surface area contributed by atoms with Crippen LogP contribution in [0.5, 0.6) is 5.75 Å². The van der Waals surface area contributed by atoms with Crippen LogP contribution < -0.4 is 10.5 Å². The zero-order valence-corrected chi connectivity index (χ0v) is 8.84. The zero-order valence-electron chi connectivity index (χ0n) is 8.03. The molecule has 14 heavy (non-hydrogen) atoms. The Morgan fingerprint density at radius 2 is 2.29 bits per heavy atom. The van der Waals surface area contributed by atoms with Crippen molar-refractivity contribution in [1.82, 2.24) is 0 Å². The molecule has 0 spiro atoms. The van der Waals surface area contributed by atoms with Crippen LogP contribution in [0.15, 0.2) is 24.3 Å². The summed E-state index contributed by atoms with van der Waals surface area (Å²) in [5.41, 5.74) is 6.38. The Balaban J connectivity index is 2.58. The van der Waals surface area contributed by atoms with Crippen LogP contribution in [0.25, 0.3) is 0 Å². The Labute approximate surface area is 88.8 Å². The first-order valence-corrected chi connectivity index (χ1v) is 4.62. The van der Waals surface area contributed by atoms with Crippen molar-refractivity contribution in [2.45, 2.75) is 6.61 Å². The van der Waals surface area contributed by atoms with E-state index in [1.165, 1.54) is 0 Å². The van der Waals surface area contributed by atoms with Gasteiger partial charge in [-0.1, -0.05) is 24.4 Å². The van der Waals surface area contributed by atoms with Gasteiger partial charge in [0.15, 0.2) is 0 Å². The Kier molecular flexibility index (Phi) is 4.35. The summed E-state index contributed by atoms with van der Waals surface area (Å²) >= 11 is 4.71. The van der Waals surface area contributed by atoms with Gasteiger partial charge < -0.3 is 15.2 Å². The van der Waals surface area contributed by atoms with Crippen LogP contribution in [0.1, 0.15) is 5.56 Å². The average Bonchev–Trinajstić information content (AvgIpc) is 2.16. The van der Waals surface area contributed by atoms with Crippen LogP contribution in [-0.2, 0) is 11.3 Å². The normalized spacial score (nSPS) is 9.79. The van der Waals surface area contributed by atoms with Gasteiger partial charge in [0.25, 0.3) is 0 Å². The van der Waals surface area contributed by atoms with Gasteiger partial charge in [-0.2, -0.15) is 0 Å². The van der Waals surface area contributed by atoms with Gasteiger partial charge in [-0.15, -0.1) is 0 Å². The molecule has 0 aromatic heterocycles. The lowest BCUT2D eigenvalue weighted by atomic mass is 10.2. The summed E-state index contributed by atoms with van der Waals surface area (Å²) in [6.45, 7) is 0.843. The van der Waals surface area contributed by atoms with Gasteiger partial charge in [0.05, 0.1) is 6.61 Å². The molecule has 0 fully saturated rings. The molecule has 1 aromatic rings. The highest BCUT2D eigenvalue weighted by Gasteiger charge is 1.97. The molecule has 76 valence electrons. The Morgan fingerprint density at radius 1 is 1.50 bits per heavy atom. The van der Waals surface area contributed by atoms with E-state index in [2.05, 4.69) is 0 Å². The molecule has 1 aromatic carbocycles. The number of rotatable bonds is 5. The van der Waals surface area contributed by atoms with Crippen LogP contribution in [0, 0.1) is 0 Å². The van der Waals surface area contributed by atoms with Crippen LogP contribution >= 0.6 is 12.2 Å². The summed E-state index contributed by atoms with van der Waals surface area (Å²) in [6, 6.07) is 7.64. The van der Waals surface area contributed by atoms with E-state index in [9.17, 15) is 0 Å². The lowest BCUT2D eigenvalue weighted by molar-refractivity contribution is 0.184. The molecule has 0 radical (unpaired) electrons. The van der Waals surface area contributed by atoms with Crippen LogP contribution in [0.2, 0.25) is 0 Å². The SMILES string of the molecule is COCc1cccc(OCC(N)=S)c1. The van der Waals surface area contributed by atoms with E-state index in [-0.39, 0.29) is 6.61 Å². The van der Waals surface area contributed by atoms with Crippen molar-refractivity contribution in [1.29, 1.82) is 0 Å². The monoisotopic (exact) mass is 211 g/mol. The molecule has 3 nitrogen and oxygen atoms in total. The van der Waals surface area contributed by atoms with Gasteiger partial charge in [-0.3, -0.25) is 0 Å².